The Kier molecular flexibility index (Phi) is 1.65. The van der Waals surface area contributed by atoms with Gasteiger partial charge in [-0.25, -0.2) is 8.42 Å². The molecule has 0 radical (unpaired) electrons. The quantitative estimate of drug-likeness (QED) is 0.765. The molecule has 72 valence electrons. The van der Waals surface area contributed by atoms with E-state index in [0.717, 1.165) is 11.3 Å². The van der Waals surface area contributed by atoms with Crippen molar-refractivity contribution in [3.8, 4) is 0 Å². The zero-order valence-electron chi connectivity index (χ0n) is 7.02. The van der Waals surface area contributed by atoms with Crippen molar-refractivity contribution in [3.63, 3.8) is 0 Å². The van der Waals surface area contributed by atoms with E-state index in [9.17, 15) is 8.42 Å². The number of hydrogen-bond donors (Lipinski definition) is 1. The lowest BCUT2D eigenvalue weighted by atomic mass is 10.4. The molecule has 0 aliphatic heterocycles. The number of hydrogen-bond acceptors (Lipinski definition) is 6. The van der Waals surface area contributed by atoms with Crippen LogP contribution >= 0.6 is 11.3 Å². The first-order valence-electron chi connectivity index (χ1n) is 3.75. The Bertz CT molecular complexity index is 432. The van der Waals surface area contributed by atoms with E-state index in [0.29, 0.717) is 23.0 Å². The lowest BCUT2D eigenvalue weighted by Gasteiger charge is -2.06. The molecule has 1 saturated carbocycles. The van der Waals surface area contributed by atoms with E-state index in [1.807, 2.05) is 0 Å². The zero-order chi connectivity index (χ0) is 9.69. The molecule has 0 saturated heterocycles. The fourth-order valence-corrected chi connectivity index (χ4v) is 3.81. The maximum atomic E-state index is 11.4. The number of nitrogens with zero attached hydrogens (tertiary/aromatic N) is 2. The van der Waals surface area contributed by atoms with Crippen LogP contribution in [0.2, 0.25) is 0 Å². The van der Waals surface area contributed by atoms with Gasteiger partial charge in [-0.2, -0.15) is 0 Å². The lowest BCUT2D eigenvalue weighted by molar-refractivity contribution is 0.585. The van der Waals surface area contributed by atoms with E-state index in [1.54, 1.807) is 0 Å². The Morgan fingerprint density at radius 2 is 2.08 bits per heavy atom. The minimum Gasteiger partial charge on any atom is -0.374 e. The summed E-state index contributed by atoms with van der Waals surface area (Å²) in [5.74, 6) is 0. The van der Waals surface area contributed by atoms with Gasteiger partial charge < -0.3 is 5.73 Å². The fourth-order valence-electron chi connectivity index (χ4n) is 1.28. The highest BCUT2D eigenvalue weighted by Gasteiger charge is 2.56. The first-order valence-corrected chi connectivity index (χ1v) is 6.45. The van der Waals surface area contributed by atoms with Crippen LogP contribution in [0.15, 0.2) is 0 Å². The number of nitrogen functional groups attached to an aromatic ring is 1. The summed E-state index contributed by atoms with van der Waals surface area (Å²) in [6.45, 7) is 0. The second-order valence-electron chi connectivity index (χ2n) is 3.21. The maximum Gasteiger partial charge on any atom is 0.203 e. The highest BCUT2D eigenvalue weighted by Crippen LogP contribution is 2.53. The molecule has 13 heavy (non-hydrogen) atoms. The van der Waals surface area contributed by atoms with Crippen molar-refractivity contribution in [2.45, 2.75) is 17.6 Å². The van der Waals surface area contributed by atoms with Gasteiger partial charge in [-0.15, -0.1) is 10.2 Å². The predicted molar refractivity (Wildman–Crippen MR) is 50.1 cm³/mol. The minimum absolute atomic E-state index is 0.324. The SMILES string of the molecule is CS(=O)(=O)C1(c2nnc(N)s2)CC1. The van der Waals surface area contributed by atoms with Crippen molar-refractivity contribution < 1.29 is 8.42 Å². The van der Waals surface area contributed by atoms with E-state index in [4.69, 9.17) is 5.73 Å². The summed E-state index contributed by atoms with van der Waals surface area (Å²) >= 11 is 1.16. The van der Waals surface area contributed by atoms with Crippen LogP contribution in [0.5, 0.6) is 0 Å². The normalized spacial score (nSPS) is 20.1. The van der Waals surface area contributed by atoms with Gasteiger partial charge in [0, 0.05) is 6.26 Å². The lowest BCUT2D eigenvalue weighted by Crippen LogP contribution is -2.18. The Morgan fingerprint density at radius 3 is 2.38 bits per heavy atom. The summed E-state index contributed by atoms with van der Waals surface area (Å²) in [5.41, 5.74) is 5.40. The molecule has 5 nitrogen and oxygen atoms in total. The van der Waals surface area contributed by atoms with Crippen LogP contribution in [0.25, 0.3) is 0 Å². The Morgan fingerprint density at radius 1 is 1.46 bits per heavy atom. The summed E-state index contributed by atoms with van der Waals surface area (Å²) in [7, 11) is -3.08. The number of anilines is 1. The van der Waals surface area contributed by atoms with Crippen molar-refractivity contribution in [2.75, 3.05) is 12.0 Å². The summed E-state index contributed by atoms with van der Waals surface area (Å²) < 4.78 is 22.1. The topological polar surface area (TPSA) is 85.9 Å². The van der Waals surface area contributed by atoms with Gasteiger partial charge in [0.05, 0.1) is 0 Å². The van der Waals surface area contributed by atoms with Crippen LogP contribution in [0.1, 0.15) is 17.8 Å². The summed E-state index contributed by atoms with van der Waals surface area (Å²) in [6, 6.07) is 0. The van der Waals surface area contributed by atoms with Crippen molar-refractivity contribution in [1.82, 2.24) is 10.2 Å². The van der Waals surface area contributed by atoms with E-state index in [-0.39, 0.29) is 0 Å². The Balaban J connectivity index is 2.48. The monoisotopic (exact) mass is 219 g/mol. The van der Waals surface area contributed by atoms with Gasteiger partial charge in [-0.1, -0.05) is 11.3 Å². The van der Waals surface area contributed by atoms with Gasteiger partial charge in [0.1, 0.15) is 9.75 Å². The van der Waals surface area contributed by atoms with E-state index >= 15 is 0 Å². The van der Waals surface area contributed by atoms with Gasteiger partial charge in [-0.05, 0) is 12.8 Å². The molecule has 2 N–H and O–H groups in total. The van der Waals surface area contributed by atoms with Crippen molar-refractivity contribution in [1.29, 1.82) is 0 Å². The molecule has 1 fully saturated rings. The molecular formula is C6H9N3O2S2. The molecule has 0 unspecified atom stereocenters. The van der Waals surface area contributed by atoms with Gasteiger partial charge in [0.2, 0.25) is 5.13 Å². The fraction of sp³-hybridized carbons (Fsp3) is 0.667. The second-order valence-corrected chi connectivity index (χ2v) is 6.55. The summed E-state index contributed by atoms with van der Waals surface area (Å²) in [6.07, 6.45) is 2.51. The highest BCUT2D eigenvalue weighted by molar-refractivity contribution is 7.92. The molecule has 1 aliphatic carbocycles. The maximum absolute atomic E-state index is 11.4. The third-order valence-electron chi connectivity index (χ3n) is 2.24. The predicted octanol–water partition coefficient (Wildman–Crippen LogP) is 0.154. The number of sulfone groups is 1. The smallest absolute Gasteiger partial charge is 0.203 e. The second kappa shape index (κ2) is 2.42. The average molecular weight is 219 g/mol. The van der Waals surface area contributed by atoms with Crippen molar-refractivity contribution >= 4 is 26.3 Å². The molecule has 1 heterocycles. The van der Waals surface area contributed by atoms with Crippen molar-refractivity contribution in [2.24, 2.45) is 0 Å². The van der Waals surface area contributed by atoms with Crippen LogP contribution in [-0.4, -0.2) is 24.9 Å². The van der Waals surface area contributed by atoms with E-state index in [1.165, 1.54) is 6.26 Å². The zero-order valence-corrected chi connectivity index (χ0v) is 8.65. The highest BCUT2D eigenvalue weighted by atomic mass is 32.2. The van der Waals surface area contributed by atoms with Gasteiger partial charge in [0.15, 0.2) is 9.84 Å². The Labute approximate surface area is 79.9 Å². The molecule has 1 aliphatic rings. The average Bonchev–Trinajstić information content (AvgIpc) is 2.70. The number of rotatable bonds is 2. The van der Waals surface area contributed by atoms with Crippen LogP contribution in [0.4, 0.5) is 5.13 Å². The molecule has 0 atom stereocenters. The number of aromatic nitrogens is 2. The molecule has 0 amide bonds. The third kappa shape index (κ3) is 1.22. The molecule has 1 aromatic rings. The van der Waals surface area contributed by atoms with Crippen molar-refractivity contribution in [3.05, 3.63) is 5.01 Å². The third-order valence-corrected chi connectivity index (χ3v) is 5.35. The van der Waals surface area contributed by atoms with E-state index in [2.05, 4.69) is 10.2 Å². The molecule has 1 aromatic heterocycles. The van der Waals surface area contributed by atoms with Gasteiger partial charge in [-0.3, -0.25) is 0 Å². The molecule has 2 rings (SSSR count). The van der Waals surface area contributed by atoms with Crippen LogP contribution in [0, 0.1) is 0 Å². The number of nitrogens with two attached hydrogens (primary N) is 1. The molecule has 7 heteroatoms. The van der Waals surface area contributed by atoms with Crippen LogP contribution in [0.3, 0.4) is 0 Å². The van der Waals surface area contributed by atoms with E-state index < -0.39 is 14.6 Å². The van der Waals surface area contributed by atoms with Crippen LogP contribution in [-0.2, 0) is 14.6 Å². The van der Waals surface area contributed by atoms with Gasteiger partial charge >= 0.3 is 0 Å². The van der Waals surface area contributed by atoms with Crippen LogP contribution < -0.4 is 5.73 Å². The molecular weight excluding hydrogens is 210 g/mol. The molecule has 0 spiro atoms. The molecule has 0 bridgehead atoms. The van der Waals surface area contributed by atoms with Gasteiger partial charge in [0.25, 0.3) is 0 Å². The summed E-state index contributed by atoms with van der Waals surface area (Å²) in [5, 5.41) is 8.26. The minimum atomic E-state index is -3.08. The molecule has 0 aromatic carbocycles. The largest absolute Gasteiger partial charge is 0.374 e. The first kappa shape index (κ1) is 8.89. The Hall–Kier alpha value is -0.690. The summed E-state index contributed by atoms with van der Waals surface area (Å²) in [4.78, 5) is 0. The first-order chi connectivity index (χ1) is 5.96. The standard InChI is InChI=1S/C6H9N3O2S2/c1-13(10,11)6(2-3-6)4-8-9-5(7)12-4/h2-3H2,1H3,(H2,7,9).